The van der Waals surface area contributed by atoms with Crippen molar-refractivity contribution in [2.75, 3.05) is 13.7 Å². The van der Waals surface area contributed by atoms with E-state index in [0.29, 0.717) is 25.9 Å². The van der Waals surface area contributed by atoms with Crippen LogP contribution >= 0.6 is 0 Å². The number of carboxylic acids is 1. The minimum absolute atomic E-state index is 0.138. The van der Waals surface area contributed by atoms with Crippen LogP contribution in [0.25, 0.3) is 0 Å². The third kappa shape index (κ3) is 3.43. The Morgan fingerprint density at radius 2 is 2.06 bits per heavy atom. The first kappa shape index (κ1) is 14.0. The zero-order valence-corrected chi connectivity index (χ0v) is 10.6. The van der Waals surface area contributed by atoms with Crippen LogP contribution in [-0.4, -0.2) is 36.4 Å². The molecule has 1 aliphatic heterocycles. The summed E-state index contributed by atoms with van der Waals surface area (Å²) in [7, 11) is 1.31. The Bertz CT molecular complexity index is 310. The Hall–Kier alpha value is -1.10. The van der Waals surface area contributed by atoms with E-state index in [2.05, 4.69) is 4.74 Å². The van der Waals surface area contributed by atoms with Gasteiger partial charge in [-0.1, -0.05) is 0 Å². The number of rotatable bonds is 4. The standard InChI is InChI=1S/C12H20O5/c1-11(2)8-12(10(14)15,6-7-17-11)5-4-9(13)16-3/h4-8H2,1-3H3,(H,14,15). The van der Waals surface area contributed by atoms with Gasteiger partial charge in [-0.2, -0.15) is 0 Å². The molecule has 98 valence electrons. The average molecular weight is 244 g/mol. The van der Waals surface area contributed by atoms with Crippen LogP contribution in [0.3, 0.4) is 0 Å². The highest BCUT2D eigenvalue weighted by Crippen LogP contribution is 2.42. The van der Waals surface area contributed by atoms with E-state index in [-0.39, 0.29) is 12.4 Å². The van der Waals surface area contributed by atoms with Crippen LogP contribution in [0.15, 0.2) is 0 Å². The fourth-order valence-electron chi connectivity index (χ4n) is 2.42. The zero-order chi connectivity index (χ0) is 13.1. The topological polar surface area (TPSA) is 72.8 Å². The fourth-order valence-corrected chi connectivity index (χ4v) is 2.42. The van der Waals surface area contributed by atoms with Crippen molar-refractivity contribution in [3.63, 3.8) is 0 Å². The van der Waals surface area contributed by atoms with E-state index in [1.165, 1.54) is 7.11 Å². The summed E-state index contributed by atoms with van der Waals surface area (Å²) >= 11 is 0. The minimum atomic E-state index is -0.865. The first-order chi connectivity index (χ1) is 7.81. The van der Waals surface area contributed by atoms with Crippen molar-refractivity contribution in [3.05, 3.63) is 0 Å². The second-order valence-electron chi connectivity index (χ2n) is 5.20. The molecule has 0 spiro atoms. The van der Waals surface area contributed by atoms with E-state index in [0.717, 1.165) is 0 Å². The van der Waals surface area contributed by atoms with Crippen LogP contribution < -0.4 is 0 Å². The first-order valence-corrected chi connectivity index (χ1v) is 5.75. The van der Waals surface area contributed by atoms with Gasteiger partial charge in [-0.05, 0) is 33.1 Å². The van der Waals surface area contributed by atoms with Crippen molar-refractivity contribution in [1.29, 1.82) is 0 Å². The molecule has 1 unspecified atom stereocenters. The van der Waals surface area contributed by atoms with Gasteiger partial charge in [-0.15, -0.1) is 0 Å². The van der Waals surface area contributed by atoms with Gasteiger partial charge in [-0.3, -0.25) is 9.59 Å². The van der Waals surface area contributed by atoms with Gasteiger partial charge in [0.25, 0.3) is 0 Å². The average Bonchev–Trinajstić information content (AvgIpc) is 2.24. The normalized spacial score (nSPS) is 27.5. The molecule has 0 radical (unpaired) electrons. The lowest BCUT2D eigenvalue weighted by Crippen LogP contribution is -2.46. The number of aliphatic carboxylic acids is 1. The molecule has 0 aromatic carbocycles. The molecule has 0 aromatic rings. The van der Waals surface area contributed by atoms with E-state index < -0.39 is 17.0 Å². The molecular weight excluding hydrogens is 224 g/mol. The zero-order valence-electron chi connectivity index (χ0n) is 10.6. The number of carbonyl (C=O) groups excluding carboxylic acids is 1. The highest BCUT2D eigenvalue weighted by molar-refractivity contribution is 5.76. The number of esters is 1. The summed E-state index contributed by atoms with van der Waals surface area (Å²) < 4.78 is 10.1. The van der Waals surface area contributed by atoms with Crippen LogP contribution in [0.2, 0.25) is 0 Å². The van der Waals surface area contributed by atoms with Crippen molar-refractivity contribution in [1.82, 2.24) is 0 Å². The van der Waals surface area contributed by atoms with E-state index in [9.17, 15) is 14.7 Å². The monoisotopic (exact) mass is 244 g/mol. The molecule has 1 aliphatic rings. The lowest BCUT2D eigenvalue weighted by atomic mass is 9.71. The maximum absolute atomic E-state index is 11.5. The summed E-state index contributed by atoms with van der Waals surface area (Å²) in [6, 6.07) is 0. The predicted molar refractivity (Wildman–Crippen MR) is 60.6 cm³/mol. The molecule has 0 aliphatic carbocycles. The molecule has 1 fully saturated rings. The van der Waals surface area contributed by atoms with E-state index in [4.69, 9.17) is 4.74 Å². The van der Waals surface area contributed by atoms with Crippen molar-refractivity contribution in [3.8, 4) is 0 Å². The molecule has 5 nitrogen and oxygen atoms in total. The molecule has 5 heteroatoms. The summed E-state index contributed by atoms with van der Waals surface area (Å²) in [6.07, 6.45) is 1.32. The third-order valence-electron chi connectivity index (χ3n) is 3.33. The van der Waals surface area contributed by atoms with E-state index in [1.807, 2.05) is 13.8 Å². The Balaban J connectivity index is 2.75. The van der Waals surface area contributed by atoms with Crippen molar-refractivity contribution in [2.45, 2.75) is 45.1 Å². The number of carboxylic acid groups (broad SMARTS) is 1. The fraction of sp³-hybridized carbons (Fsp3) is 0.833. The molecule has 17 heavy (non-hydrogen) atoms. The maximum Gasteiger partial charge on any atom is 0.309 e. The van der Waals surface area contributed by atoms with Gasteiger partial charge in [0.15, 0.2) is 0 Å². The number of hydrogen-bond donors (Lipinski definition) is 1. The summed E-state index contributed by atoms with van der Waals surface area (Å²) in [6.45, 7) is 4.17. The number of methoxy groups -OCH3 is 1. The van der Waals surface area contributed by atoms with Crippen LogP contribution in [-0.2, 0) is 19.1 Å². The highest BCUT2D eigenvalue weighted by atomic mass is 16.5. The molecule has 0 saturated carbocycles. The van der Waals surface area contributed by atoms with Crippen LogP contribution in [0, 0.1) is 5.41 Å². The molecule has 1 N–H and O–H groups in total. The second kappa shape index (κ2) is 5.04. The molecular formula is C12H20O5. The summed E-state index contributed by atoms with van der Waals surface area (Å²) in [5.74, 6) is -1.22. The van der Waals surface area contributed by atoms with Crippen molar-refractivity contribution < 1.29 is 24.2 Å². The summed E-state index contributed by atoms with van der Waals surface area (Å²) in [4.78, 5) is 22.6. The summed E-state index contributed by atoms with van der Waals surface area (Å²) in [5.41, 5.74) is -1.32. The Morgan fingerprint density at radius 1 is 1.41 bits per heavy atom. The van der Waals surface area contributed by atoms with Gasteiger partial charge in [0.1, 0.15) is 0 Å². The summed E-state index contributed by atoms with van der Waals surface area (Å²) in [5, 5.41) is 9.40. The molecule has 1 heterocycles. The van der Waals surface area contributed by atoms with Crippen molar-refractivity contribution in [2.24, 2.45) is 5.41 Å². The molecule has 0 amide bonds. The molecule has 1 saturated heterocycles. The lowest BCUT2D eigenvalue weighted by molar-refractivity contribution is -0.169. The van der Waals surface area contributed by atoms with Gasteiger partial charge >= 0.3 is 11.9 Å². The number of ether oxygens (including phenoxy) is 2. The Labute approximate surface area is 101 Å². The van der Waals surface area contributed by atoms with Gasteiger partial charge in [0.2, 0.25) is 0 Å². The maximum atomic E-state index is 11.5. The van der Waals surface area contributed by atoms with Gasteiger partial charge in [-0.25, -0.2) is 0 Å². The van der Waals surface area contributed by atoms with Crippen LogP contribution in [0.5, 0.6) is 0 Å². The van der Waals surface area contributed by atoms with Crippen LogP contribution in [0.1, 0.15) is 39.5 Å². The molecule has 1 rings (SSSR count). The minimum Gasteiger partial charge on any atom is -0.481 e. The van der Waals surface area contributed by atoms with Crippen LogP contribution in [0.4, 0.5) is 0 Å². The quantitative estimate of drug-likeness (QED) is 0.760. The van der Waals surface area contributed by atoms with E-state index in [1.54, 1.807) is 0 Å². The Kier molecular flexibility index (Phi) is 4.14. The number of hydrogen-bond acceptors (Lipinski definition) is 4. The lowest BCUT2D eigenvalue weighted by Gasteiger charge is -2.42. The molecule has 0 bridgehead atoms. The van der Waals surface area contributed by atoms with Crippen molar-refractivity contribution >= 4 is 11.9 Å². The molecule has 1 atom stereocenters. The smallest absolute Gasteiger partial charge is 0.309 e. The highest BCUT2D eigenvalue weighted by Gasteiger charge is 2.46. The number of carbonyl (C=O) groups is 2. The van der Waals surface area contributed by atoms with E-state index >= 15 is 0 Å². The third-order valence-corrected chi connectivity index (χ3v) is 3.33. The first-order valence-electron chi connectivity index (χ1n) is 5.75. The van der Waals surface area contributed by atoms with Gasteiger partial charge < -0.3 is 14.6 Å². The predicted octanol–water partition coefficient (Wildman–Crippen LogP) is 1.60. The molecule has 0 aromatic heterocycles. The Morgan fingerprint density at radius 3 is 2.53 bits per heavy atom. The largest absolute Gasteiger partial charge is 0.481 e. The second-order valence-corrected chi connectivity index (χ2v) is 5.20. The van der Waals surface area contributed by atoms with Gasteiger partial charge in [0.05, 0.1) is 18.1 Å². The SMILES string of the molecule is COC(=O)CCC1(C(=O)O)CCOC(C)(C)C1. The van der Waals surface area contributed by atoms with Gasteiger partial charge in [0, 0.05) is 13.0 Å².